The van der Waals surface area contributed by atoms with Crippen molar-refractivity contribution in [3.63, 3.8) is 0 Å². The van der Waals surface area contributed by atoms with Gasteiger partial charge in [-0.15, -0.1) is 10.2 Å². The fraction of sp³-hybridized carbons (Fsp3) is 0.0769. The minimum absolute atomic E-state index is 0.184. The summed E-state index contributed by atoms with van der Waals surface area (Å²) in [5.74, 6) is 1.02. The molecule has 0 bridgehead atoms. The summed E-state index contributed by atoms with van der Waals surface area (Å²) in [5.41, 5.74) is 8.57. The lowest BCUT2D eigenvalue weighted by atomic mass is 10.0. The normalized spacial score (nSPS) is 14.2. The second-order valence-electron chi connectivity index (χ2n) is 10.8. The number of anilines is 4. The van der Waals surface area contributed by atoms with Gasteiger partial charge in [-0.05, 0) is 92.2 Å². The highest BCUT2D eigenvalue weighted by atomic mass is 16.4. The van der Waals surface area contributed by atoms with Crippen molar-refractivity contribution in [3.05, 3.63) is 169 Å². The number of allylic oxidation sites excluding steroid dienone is 1. The Morgan fingerprint density at radius 1 is 0.591 bits per heavy atom. The highest BCUT2D eigenvalue weighted by Crippen LogP contribution is 2.36. The second-order valence-corrected chi connectivity index (χ2v) is 10.8. The first kappa shape index (κ1) is 27.2. The van der Waals surface area contributed by atoms with Crippen LogP contribution in [0.5, 0.6) is 0 Å². The quantitative estimate of drug-likeness (QED) is 0.182. The Morgan fingerprint density at radius 3 is 1.73 bits per heavy atom. The maximum atomic E-state index is 6.06. The summed E-state index contributed by atoms with van der Waals surface area (Å²) in [5, 5.41) is 8.63. The van der Waals surface area contributed by atoms with Gasteiger partial charge in [0.25, 0.3) is 0 Å². The first-order chi connectivity index (χ1) is 21.7. The van der Waals surface area contributed by atoms with E-state index in [9.17, 15) is 0 Å². The van der Waals surface area contributed by atoms with E-state index in [1.807, 2.05) is 36.4 Å². The molecular weight excluding hydrogens is 540 g/mol. The molecule has 7 rings (SSSR count). The number of aryl methyl sites for hydroxylation is 1. The van der Waals surface area contributed by atoms with Gasteiger partial charge in [-0.3, -0.25) is 0 Å². The van der Waals surface area contributed by atoms with Crippen LogP contribution in [-0.2, 0) is 0 Å². The van der Waals surface area contributed by atoms with Gasteiger partial charge in [0.1, 0.15) is 0 Å². The zero-order valence-electron chi connectivity index (χ0n) is 24.5. The van der Waals surface area contributed by atoms with E-state index in [0.717, 1.165) is 40.2 Å². The summed E-state index contributed by atoms with van der Waals surface area (Å²) >= 11 is 0. The number of para-hydroxylation sites is 3. The van der Waals surface area contributed by atoms with Gasteiger partial charge < -0.3 is 14.2 Å². The Labute approximate surface area is 258 Å². The van der Waals surface area contributed by atoms with Gasteiger partial charge in [-0.25, -0.2) is 0 Å². The molecule has 1 atom stereocenters. The monoisotopic (exact) mass is 572 g/mol. The molecule has 1 aliphatic rings. The minimum atomic E-state index is 0.184. The van der Waals surface area contributed by atoms with Crippen molar-refractivity contribution in [1.29, 1.82) is 0 Å². The van der Waals surface area contributed by atoms with Crippen LogP contribution >= 0.6 is 0 Å². The van der Waals surface area contributed by atoms with E-state index in [2.05, 4.69) is 148 Å². The molecule has 0 saturated carbocycles. The highest BCUT2D eigenvalue weighted by Gasteiger charge is 2.23. The molecule has 1 aromatic heterocycles. The Morgan fingerprint density at radius 2 is 1.16 bits per heavy atom. The molecule has 0 aliphatic heterocycles. The third-order valence-corrected chi connectivity index (χ3v) is 7.79. The molecule has 0 saturated heterocycles. The van der Waals surface area contributed by atoms with Gasteiger partial charge >= 0.3 is 0 Å². The number of hydrogen-bond donors (Lipinski definition) is 0. The number of benzene rings is 5. The Hall–Kier alpha value is -5.68. The molecule has 0 amide bonds. The number of rotatable bonds is 8. The molecule has 1 heterocycles. The van der Waals surface area contributed by atoms with Crippen molar-refractivity contribution >= 4 is 22.7 Å². The maximum absolute atomic E-state index is 6.06. The molecule has 5 aromatic carbocycles. The first-order valence-corrected chi connectivity index (χ1v) is 14.9. The topological polar surface area (TPSA) is 45.4 Å². The average Bonchev–Trinajstić information content (AvgIpc) is 3.58. The molecule has 214 valence electrons. The lowest BCUT2D eigenvalue weighted by Gasteiger charge is -2.35. The maximum Gasteiger partial charge on any atom is 0.248 e. The smallest absolute Gasteiger partial charge is 0.248 e. The third kappa shape index (κ3) is 5.68. The molecular formula is C39H32N4O. The summed E-state index contributed by atoms with van der Waals surface area (Å²) in [6.45, 7) is 2.05. The molecule has 1 aliphatic carbocycles. The minimum Gasteiger partial charge on any atom is -0.416 e. The third-order valence-electron chi connectivity index (χ3n) is 7.79. The molecule has 1 unspecified atom stereocenters. The molecule has 0 N–H and O–H groups in total. The fourth-order valence-corrected chi connectivity index (χ4v) is 5.68. The summed E-state index contributed by atoms with van der Waals surface area (Å²) in [6.07, 6.45) is 7.74. The van der Waals surface area contributed by atoms with Crippen LogP contribution < -0.4 is 9.80 Å². The summed E-state index contributed by atoms with van der Waals surface area (Å²) in [7, 11) is 0. The van der Waals surface area contributed by atoms with Gasteiger partial charge in [0.15, 0.2) is 0 Å². The SMILES string of the molecule is Cc1cccc(-c2nnc(-c3ccc(N(C4=CCC(N(c5ccccc5)c5ccccc5)C=C4)c4ccccc4)cc3)o2)c1. The summed E-state index contributed by atoms with van der Waals surface area (Å²) in [4.78, 5) is 4.69. The number of hydrogen-bond acceptors (Lipinski definition) is 5. The van der Waals surface area contributed by atoms with E-state index in [-0.39, 0.29) is 6.04 Å². The zero-order valence-corrected chi connectivity index (χ0v) is 24.5. The molecule has 44 heavy (non-hydrogen) atoms. The van der Waals surface area contributed by atoms with Crippen LogP contribution in [0.2, 0.25) is 0 Å². The Balaban J connectivity index is 1.17. The lowest BCUT2D eigenvalue weighted by Crippen LogP contribution is -2.31. The van der Waals surface area contributed by atoms with Crippen LogP contribution in [0.4, 0.5) is 22.7 Å². The average molecular weight is 573 g/mol. The van der Waals surface area contributed by atoms with Crippen molar-refractivity contribution in [1.82, 2.24) is 10.2 Å². The van der Waals surface area contributed by atoms with Gasteiger partial charge in [-0.2, -0.15) is 0 Å². The van der Waals surface area contributed by atoms with Crippen LogP contribution in [0.3, 0.4) is 0 Å². The molecule has 5 nitrogen and oxygen atoms in total. The van der Waals surface area contributed by atoms with E-state index in [4.69, 9.17) is 4.42 Å². The number of nitrogens with zero attached hydrogens (tertiary/aromatic N) is 4. The molecule has 6 aromatic rings. The molecule has 5 heteroatoms. The van der Waals surface area contributed by atoms with Crippen LogP contribution in [0, 0.1) is 6.92 Å². The Bertz CT molecular complexity index is 1860. The van der Waals surface area contributed by atoms with Crippen LogP contribution in [0.1, 0.15) is 12.0 Å². The summed E-state index contributed by atoms with van der Waals surface area (Å²) in [6, 6.07) is 48.2. The van der Waals surface area contributed by atoms with E-state index in [1.165, 1.54) is 11.4 Å². The highest BCUT2D eigenvalue weighted by molar-refractivity contribution is 5.73. The van der Waals surface area contributed by atoms with Gasteiger partial charge in [-0.1, -0.05) is 84.4 Å². The van der Waals surface area contributed by atoms with Gasteiger partial charge in [0.2, 0.25) is 11.8 Å². The molecule has 0 fully saturated rings. The Kier molecular flexibility index (Phi) is 7.58. The first-order valence-electron chi connectivity index (χ1n) is 14.9. The van der Waals surface area contributed by atoms with Gasteiger partial charge in [0, 0.05) is 39.6 Å². The van der Waals surface area contributed by atoms with E-state index < -0.39 is 0 Å². The largest absolute Gasteiger partial charge is 0.416 e. The zero-order chi connectivity index (χ0) is 29.7. The summed E-state index contributed by atoms with van der Waals surface area (Å²) < 4.78 is 6.06. The molecule has 0 spiro atoms. The van der Waals surface area contributed by atoms with E-state index in [0.29, 0.717) is 11.8 Å². The second kappa shape index (κ2) is 12.3. The van der Waals surface area contributed by atoms with Crippen molar-refractivity contribution in [3.8, 4) is 22.9 Å². The van der Waals surface area contributed by atoms with E-state index >= 15 is 0 Å². The van der Waals surface area contributed by atoms with Crippen LogP contribution in [0.15, 0.2) is 168 Å². The van der Waals surface area contributed by atoms with Gasteiger partial charge in [0.05, 0.1) is 6.04 Å². The van der Waals surface area contributed by atoms with E-state index in [1.54, 1.807) is 0 Å². The van der Waals surface area contributed by atoms with Crippen molar-refractivity contribution in [2.75, 3.05) is 9.80 Å². The molecule has 0 radical (unpaired) electrons. The fourth-order valence-electron chi connectivity index (χ4n) is 5.68. The van der Waals surface area contributed by atoms with Crippen LogP contribution in [0.25, 0.3) is 22.9 Å². The predicted molar refractivity (Wildman–Crippen MR) is 179 cm³/mol. The van der Waals surface area contributed by atoms with Crippen molar-refractivity contribution in [2.24, 2.45) is 0 Å². The van der Waals surface area contributed by atoms with Crippen LogP contribution in [-0.4, -0.2) is 16.2 Å². The predicted octanol–water partition coefficient (Wildman–Crippen LogP) is 9.90. The lowest BCUT2D eigenvalue weighted by molar-refractivity contribution is 0.584. The van der Waals surface area contributed by atoms with Crippen molar-refractivity contribution in [2.45, 2.75) is 19.4 Å². The number of aromatic nitrogens is 2. The standard InChI is InChI=1S/C39H32N4O/c1-29-12-11-13-31(28-29)39-41-40-38(44-39)30-20-22-35(23-21-30)43(34-18-9-4-10-19-34)37-26-24-36(25-27-37)42(32-14-5-2-6-15-32)33-16-7-3-8-17-33/h2-24,26-28,36H,25H2,1H3. The van der Waals surface area contributed by atoms with Crippen molar-refractivity contribution < 1.29 is 4.42 Å².